The predicted octanol–water partition coefficient (Wildman–Crippen LogP) is 2.38. The zero-order valence-corrected chi connectivity index (χ0v) is 12.7. The highest BCUT2D eigenvalue weighted by molar-refractivity contribution is 7.85. The molecule has 0 heterocycles. The van der Waals surface area contributed by atoms with E-state index in [0.717, 1.165) is 12.0 Å². The summed E-state index contributed by atoms with van der Waals surface area (Å²) in [5.74, 6) is -1.72. The van der Waals surface area contributed by atoms with Gasteiger partial charge in [0.05, 0.1) is 5.92 Å². The quantitative estimate of drug-likeness (QED) is 0.644. The molecular formula is C14H20O5S. The maximum Gasteiger partial charge on any atom is 0.314 e. The molecule has 112 valence electrons. The fraction of sp³-hybridized carbons (Fsp3) is 0.500. The number of hydrogen-bond acceptors (Lipinski definition) is 4. The van der Waals surface area contributed by atoms with Gasteiger partial charge in [-0.1, -0.05) is 38.1 Å². The average Bonchev–Trinajstić information content (AvgIpc) is 2.34. The largest absolute Gasteiger partial charge is 0.446 e. The van der Waals surface area contributed by atoms with Crippen LogP contribution in [0.25, 0.3) is 0 Å². The molecule has 0 saturated heterocycles. The Morgan fingerprint density at radius 1 is 1.20 bits per heavy atom. The highest BCUT2D eigenvalue weighted by atomic mass is 32.2. The molecular weight excluding hydrogens is 280 g/mol. The van der Waals surface area contributed by atoms with Crippen LogP contribution in [0.2, 0.25) is 0 Å². The van der Waals surface area contributed by atoms with Crippen molar-refractivity contribution < 1.29 is 22.5 Å². The summed E-state index contributed by atoms with van der Waals surface area (Å²) in [4.78, 5) is 11.7. The fourth-order valence-electron chi connectivity index (χ4n) is 1.81. The Kier molecular flexibility index (Phi) is 5.71. The van der Waals surface area contributed by atoms with Crippen LogP contribution >= 0.6 is 0 Å². The number of ether oxygens (including phenoxy) is 1. The van der Waals surface area contributed by atoms with Crippen LogP contribution in [-0.4, -0.2) is 24.9 Å². The third kappa shape index (κ3) is 5.71. The number of esters is 1. The molecule has 0 aliphatic heterocycles. The van der Waals surface area contributed by atoms with Gasteiger partial charge in [-0.3, -0.25) is 9.35 Å². The Morgan fingerprint density at radius 2 is 1.75 bits per heavy atom. The van der Waals surface area contributed by atoms with Crippen LogP contribution in [0.4, 0.5) is 0 Å². The van der Waals surface area contributed by atoms with Gasteiger partial charge in [0.25, 0.3) is 0 Å². The first-order valence-corrected chi connectivity index (χ1v) is 8.00. The van der Waals surface area contributed by atoms with Crippen molar-refractivity contribution in [1.29, 1.82) is 0 Å². The molecule has 0 saturated carbocycles. The maximum absolute atomic E-state index is 11.7. The molecule has 0 bridgehead atoms. The van der Waals surface area contributed by atoms with Crippen LogP contribution in [0, 0.1) is 5.92 Å². The van der Waals surface area contributed by atoms with Gasteiger partial charge in [0, 0.05) is 0 Å². The van der Waals surface area contributed by atoms with E-state index in [2.05, 4.69) is 18.6 Å². The lowest BCUT2D eigenvalue weighted by Gasteiger charge is -2.12. The van der Waals surface area contributed by atoms with Crippen molar-refractivity contribution in [2.75, 3.05) is 5.94 Å². The lowest BCUT2D eigenvalue weighted by atomic mass is 9.97. The SMILES string of the molecule is CC(C)Cc1ccc(C(C)C(=O)OCS(=O)(=O)O)cc1. The lowest BCUT2D eigenvalue weighted by Crippen LogP contribution is -2.18. The topological polar surface area (TPSA) is 80.7 Å². The summed E-state index contributed by atoms with van der Waals surface area (Å²) >= 11 is 0. The van der Waals surface area contributed by atoms with Crippen molar-refractivity contribution in [3.8, 4) is 0 Å². The Bertz CT molecular complexity index is 545. The van der Waals surface area contributed by atoms with Crippen LogP contribution in [-0.2, 0) is 26.1 Å². The molecule has 0 fully saturated rings. The van der Waals surface area contributed by atoms with Crippen molar-refractivity contribution in [2.24, 2.45) is 5.92 Å². The molecule has 0 aromatic heterocycles. The molecule has 6 heteroatoms. The fourth-order valence-corrected chi connectivity index (χ4v) is 2.07. The molecule has 0 radical (unpaired) electrons. The Labute approximate surface area is 119 Å². The minimum absolute atomic E-state index is 0.554. The summed E-state index contributed by atoms with van der Waals surface area (Å²) < 4.78 is 34.1. The van der Waals surface area contributed by atoms with E-state index in [1.54, 1.807) is 6.92 Å². The third-order valence-corrected chi connectivity index (χ3v) is 3.24. The monoisotopic (exact) mass is 300 g/mol. The highest BCUT2D eigenvalue weighted by Gasteiger charge is 2.19. The van der Waals surface area contributed by atoms with Crippen LogP contribution in [0.5, 0.6) is 0 Å². The van der Waals surface area contributed by atoms with Crippen molar-refractivity contribution in [1.82, 2.24) is 0 Å². The van der Waals surface area contributed by atoms with Gasteiger partial charge in [-0.25, -0.2) is 0 Å². The van der Waals surface area contributed by atoms with Gasteiger partial charge in [-0.05, 0) is 30.4 Å². The van der Waals surface area contributed by atoms with E-state index in [9.17, 15) is 13.2 Å². The number of carbonyl (C=O) groups is 1. The van der Waals surface area contributed by atoms with Crippen molar-refractivity contribution >= 4 is 16.1 Å². The predicted molar refractivity (Wildman–Crippen MR) is 75.9 cm³/mol. The molecule has 20 heavy (non-hydrogen) atoms. The van der Waals surface area contributed by atoms with Crippen molar-refractivity contribution in [3.63, 3.8) is 0 Å². The summed E-state index contributed by atoms with van der Waals surface area (Å²) in [7, 11) is -4.30. The average molecular weight is 300 g/mol. The Morgan fingerprint density at radius 3 is 2.20 bits per heavy atom. The van der Waals surface area contributed by atoms with Crippen LogP contribution in [0.3, 0.4) is 0 Å². The summed E-state index contributed by atoms with van der Waals surface area (Å²) in [6.45, 7) is 5.89. The van der Waals surface area contributed by atoms with Crippen LogP contribution < -0.4 is 0 Å². The Hall–Kier alpha value is -1.40. The van der Waals surface area contributed by atoms with Gasteiger partial charge >= 0.3 is 16.1 Å². The minimum atomic E-state index is -4.30. The first-order valence-electron chi connectivity index (χ1n) is 6.39. The van der Waals surface area contributed by atoms with E-state index in [-0.39, 0.29) is 0 Å². The Balaban J connectivity index is 2.67. The van der Waals surface area contributed by atoms with Gasteiger partial charge in [0.2, 0.25) is 5.94 Å². The van der Waals surface area contributed by atoms with Crippen molar-refractivity contribution in [2.45, 2.75) is 33.1 Å². The summed E-state index contributed by atoms with van der Waals surface area (Å²) in [6, 6.07) is 7.55. The van der Waals surface area contributed by atoms with E-state index in [0.29, 0.717) is 5.92 Å². The van der Waals surface area contributed by atoms with Crippen LogP contribution in [0.1, 0.15) is 37.8 Å². The molecule has 0 aliphatic carbocycles. The molecule has 0 amide bonds. The zero-order valence-electron chi connectivity index (χ0n) is 11.9. The highest BCUT2D eigenvalue weighted by Crippen LogP contribution is 2.19. The number of hydrogen-bond donors (Lipinski definition) is 1. The van der Waals surface area contributed by atoms with Crippen LogP contribution in [0.15, 0.2) is 24.3 Å². The second-order valence-electron chi connectivity index (χ2n) is 5.22. The normalized spacial score (nSPS) is 13.2. The molecule has 1 aromatic carbocycles. The molecule has 1 atom stereocenters. The summed E-state index contributed by atoms with van der Waals surface area (Å²) in [5.41, 5.74) is 1.93. The number of carbonyl (C=O) groups excluding carboxylic acids is 1. The first kappa shape index (κ1) is 16.7. The van der Waals surface area contributed by atoms with E-state index >= 15 is 0 Å². The molecule has 0 spiro atoms. The minimum Gasteiger partial charge on any atom is -0.446 e. The summed E-state index contributed by atoms with van der Waals surface area (Å²) in [6.07, 6.45) is 0.960. The van der Waals surface area contributed by atoms with Gasteiger partial charge < -0.3 is 4.74 Å². The van der Waals surface area contributed by atoms with E-state index < -0.39 is 27.9 Å². The standard InChI is InChI=1S/C14H20O5S/c1-10(2)8-12-4-6-13(7-5-12)11(3)14(15)19-9-20(16,17)18/h4-7,10-11H,8-9H2,1-3H3,(H,16,17,18). The number of rotatable bonds is 6. The smallest absolute Gasteiger partial charge is 0.314 e. The van der Waals surface area contributed by atoms with E-state index in [1.807, 2.05) is 24.3 Å². The van der Waals surface area contributed by atoms with Gasteiger partial charge in [0.15, 0.2) is 0 Å². The molecule has 1 aromatic rings. The van der Waals surface area contributed by atoms with Gasteiger partial charge in [0.1, 0.15) is 0 Å². The molecule has 1 rings (SSSR count). The van der Waals surface area contributed by atoms with Gasteiger partial charge in [-0.2, -0.15) is 8.42 Å². The second kappa shape index (κ2) is 6.85. The maximum atomic E-state index is 11.7. The van der Waals surface area contributed by atoms with Gasteiger partial charge in [-0.15, -0.1) is 0 Å². The molecule has 5 nitrogen and oxygen atoms in total. The molecule has 1 unspecified atom stereocenters. The third-order valence-electron chi connectivity index (χ3n) is 2.83. The number of benzene rings is 1. The first-order chi connectivity index (χ1) is 9.19. The van der Waals surface area contributed by atoms with E-state index in [1.165, 1.54) is 5.56 Å². The summed E-state index contributed by atoms with van der Waals surface area (Å²) in [5, 5.41) is 0. The van der Waals surface area contributed by atoms with E-state index in [4.69, 9.17) is 4.55 Å². The second-order valence-corrected chi connectivity index (χ2v) is 6.62. The lowest BCUT2D eigenvalue weighted by molar-refractivity contribution is -0.143. The zero-order chi connectivity index (χ0) is 15.3. The molecule has 1 N–H and O–H groups in total. The van der Waals surface area contributed by atoms with Crippen molar-refractivity contribution in [3.05, 3.63) is 35.4 Å². The molecule has 0 aliphatic rings.